The van der Waals surface area contributed by atoms with Crippen molar-refractivity contribution in [1.82, 2.24) is 0 Å². The lowest BCUT2D eigenvalue weighted by atomic mass is 9.82. The lowest BCUT2D eigenvalue weighted by molar-refractivity contribution is 0.144. The van der Waals surface area contributed by atoms with Crippen LogP contribution in [0.2, 0.25) is 0 Å². The third-order valence-corrected chi connectivity index (χ3v) is 4.49. The predicted molar refractivity (Wildman–Crippen MR) is 80.6 cm³/mol. The molecule has 2 heteroatoms. The molecule has 0 heterocycles. The molecule has 0 radical (unpaired) electrons. The summed E-state index contributed by atoms with van der Waals surface area (Å²) in [4.78, 5) is 0. The number of hydrogen-bond donors (Lipinski definition) is 1. The van der Waals surface area contributed by atoms with Gasteiger partial charge in [0.1, 0.15) is 11.9 Å². The summed E-state index contributed by atoms with van der Waals surface area (Å²) in [5.41, 5.74) is 7.62. The van der Waals surface area contributed by atoms with Crippen LogP contribution in [-0.4, -0.2) is 12.1 Å². The molecule has 1 fully saturated rings. The molecule has 0 spiro atoms. The van der Waals surface area contributed by atoms with Crippen molar-refractivity contribution in [2.45, 2.75) is 70.4 Å². The summed E-state index contributed by atoms with van der Waals surface area (Å²) in [6, 6.07) is 8.92. The maximum absolute atomic E-state index is 6.05. The maximum Gasteiger partial charge on any atom is 0.119 e. The first-order chi connectivity index (χ1) is 9.01. The van der Waals surface area contributed by atoms with Crippen LogP contribution in [0.1, 0.15) is 58.4 Å². The maximum atomic E-state index is 6.05. The van der Waals surface area contributed by atoms with E-state index in [4.69, 9.17) is 10.5 Å². The highest BCUT2D eigenvalue weighted by atomic mass is 16.5. The van der Waals surface area contributed by atoms with Crippen LogP contribution in [0.4, 0.5) is 0 Å². The average molecular weight is 261 g/mol. The lowest BCUT2D eigenvalue weighted by Gasteiger charge is -2.28. The first-order valence-electron chi connectivity index (χ1n) is 7.54. The van der Waals surface area contributed by atoms with Gasteiger partial charge in [0.25, 0.3) is 0 Å². The van der Waals surface area contributed by atoms with Gasteiger partial charge in [-0.25, -0.2) is 0 Å². The van der Waals surface area contributed by atoms with E-state index < -0.39 is 0 Å². The Bertz CT molecular complexity index is 396. The molecule has 1 aliphatic rings. The summed E-state index contributed by atoms with van der Waals surface area (Å²) < 4.78 is 6.05. The van der Waals surface area contributed by atoms with Crippen LogP contribution >= 0.6 is 0 Å². The Labute approximate surface area is 117 Å². The van der Waals surface area contributed by atoms with Gasteiger partial charge in [-0.2, -0.15) is 0 Å². The quantitative estimate of drug-likeness (QED) is 0.888. The zero-order valence-corrected chi connectivity index (χ0v) is 12.5. The van der Waals surface area contributed by atoms with Gasteiger partial charge in [0, 0.05) is 6.04 Å². The fraction of sp³-hybridized carbons (Fsp3) is 0.647. The van der Waals surface area contributed by atoms with Crippen molar-refractivity contribution in [2.24, 2.45) is 5.73 Å². The Kier molecular flexibility index (Phi) is 4.51. The van der Waals surface area contributed by atoms with Crippen LogP contribution in [-0.2, 0) is 5.41 Å². The summed E-state index contributed by atoms with van der Waals surface area (Å²) in [7, 11) is 0. The minimum atomic E-state index is 0.242. The van der Waals surface area contributed by atoms with Crippen LogP contribution in [0.15, 0.2) is 24.3 Å². The Morgan fingerprint density at radius 2 is 1.89 bits per heavy atom. The molecule has 2 unspecified atom stereocenters. The topological polar surface area (TPSA) is 35.2 Å². The van der Waals surface area contributed by atoms with Crippen LogP contribution < -0.4 is 10.5 Å². The van der Waals surface area contributed by atoms with Gasteiger partial charge in [-0.05, 0) is 55.2 Å². The third-order valence-electron chi connectivity index (χ3n) is 4.49. The number of ether oxygens (including phenoxy) is 1. The minimum absolute atomic E-state index is 0.242. The molecule has 0 bridgehead atoms. The van der Waals surface area contributed by atoms with E-state index in [0.717, 1.165) is 31.4 Å². The van der Waals surface area contributed by atoms with E-state index in [1.165, 1.54) is 12.0 Å². The SMILES string of the molecule is CCC(C)(C)c1ccc(OC2CCCC(N)C2)cc1. The van der Waals surface area contributed by atoms with Crippen molar-refractivity contribution in [3.05, 3.63) is 29.8 Å². The third kappa shape index (κ3) is 3.73. The van der Waals surface area contributed by atoms with Crippen LogP contribution in [0, 0.1) is 0 Å². The summed E-state index contributed by atoms with van der Waals surface area (Å²) >= 11 is 0. The van der Waals surface area contributed by atoms with E-state index in [0.29, 0.717) is 12.1 Å². The van der Waals surface area contributed by atoms with Gasteiger partial charge in [0.05, 0.1) is 0 Å². The lowest BCUT2D eigenvalue weighted by Crippen LogP contribution is -2.33. The molecule has 2 nitrogen and oxygen atoms in total. The number of nitrogens with two attached hydrogens (primary N) is 1. The number of hydrogen-bond acceptors (Lipinski definition) is 2. The van der Waals surface area contributed by atoms with Gasteiger partial charge < -0.3 is 10.5 Å². The molecule has 1 aromatic rings. The zero-order valence-electron chi connectivity index (χ0n) is 12.5. The monoisotopic (exact) mass is 261 g/mol. The summed E-state index contributed by atoms with van der Waals surface area (Å²) in [5.74, 6) is 0.981. The first kappa shape index (κ1) is 14.4. The Morgan fingerprint density at radius 1 is 1.21 bits per heavy atom. The van der Waals surface area contributed by atoms with Crippen molar-refractivity contribution in [3.63, 3.8) is 0 Å². The Morgan fingerprint density at radius 3 is 2.47 bits per heavy atom. The second kappa shape index (κ2) is 5.96. The van der Waals surface area contributed by atoms with Crippen molar-refractivity contribution in [2.75, 3.05) is 0 Å². The molecule has 2 N–H and O–H groups in total. The molecular weight excluding hydrogens is 234 g/mol. The average Bonchev–Trinajstić information content (AvgIpc) is 2.39. The van der Waals surface area contributed by atoms with E-state index in [1.54, 1.807) is 0 Å². The van der Waals surface area contributed by atoms with E-state index in [1.807, 2.05) is 0 Å². The van der Waals surface area contributed by atoms with Crippen LogP contribution in [0.25, 0.3) is 0 Å². The molecule has 1 aliphatic carbocycles. The Hall–Kier alpha value is -1.02. The Balaban J connectivity index is 1.99. The van der Waals surface area contributed by atoms with Gasteiger partial charge in [-0.15, -0.1) is 0 Å². The van der Waals surface area contributed by atoms with Crippen molar-refractivity contribution < 1.29 is 4.74 Å². The van der Waals surface area contributed by atoms with E-state index in [9.17, 15) is 0 Å². The fourth-order valence-corrected chi connectivity index (χ4v) is 2.67. The molecule has 106 valence electrons. The van der Waals surface area contributed by atoms with Crippen LogP contribution in [0.3, 0.4) is 0 Å². The van der Waals surface area contributed by atoms with E-state index in [2.05, 4.69) is 45.0 Å². The van der Waals surface area contributed by atoms with Gasteiger partial charge in [0.2, 0.25) is 0 Å². The molecule has 1 aromatic carbocycles. The van der Waals surface area contributed by atoms with Gasteiger partial charge in [-0.3, -0.25) is 0 Å². The molecular formula is C17H27NO. The largest absolute Gasteiger partial charge is 0.490 e. The van der Waals surface area contributed by atoms with Crippen molar-refractivity contribution in [1.29, 1.82) is 0 Å². The highest BCUT2D eigenvalue weighted by Crippen LogP contribution is 2.29. The standard InChI is InChI=1S/C17H27NO/c1-4-17(2,3)13-8-10-15(11-9-13)19-16-7-5-6-14(18)12-16/h8-11,14,16H,4-7,12,18H2,1-3H3. The summed E-state index contributed by atoms with van der Waals surface area (Å²) in [6.45, 7) is 6.79. The molecule has 2 rings (SSSR count). The van der Waals surface area contributed by atoms with E-state index in [-0.39, 0.29) is 5.41 Å². The molecule has 0 aliphatic heterocycles. The van der Waals surface area contributed by atoms with Crippen molar-refractivity contribution in [3.8, 4) is 5.75 Å². The molecule has 1 saturated carbocycles. The minimum Gasteiger partial charge on any atom is -0.490 e. The van der Waals surface area contributed by atoms with Gasteiger partial charge >= 0.3 is 0 Å². The number of rotatable bonds is 4. The number of benzene rings is 1. The van der Waals surface area contributed by atoms with E-state index >= 15 is 0 Å². The molecule has 19 heavy (non-hydrogen) atoms. The highest BCUT2D eigenvalue weighted by Gasteiger charge is 2.21. The highest BCUT2D eigenvalue weighted by molar-refractivity contribution is 5.31. The first-order valence-corrected chi connectivity index (χ1v) is 7.54. The smallest absolute Gasteiger partial charge is 0.119 e. The van der Waals surface area contributed by atoms with Crippen LogP contribution in [0.5, 0.6) is 5.75 Å². The molecule has 0 saturated heterocycles. The zero-order chi connectivity index (χ0) is 13.9. The fourth-order valence-electron chi connectivity index (χ4n) is 2.67. The molecule has 2 atom stereocenters. The summed E-state index contributed by atoms with van der Waals surface area (Å²) in [5, 5.41) is 0. The second-order valence-corrected chi connectivity index (χ2v) is 6.43. The van der Waals surface area contributed by atoms with Gasteiger partial charge in [0.15, 0.2) is 0 Å². The second-order valence-electron chi connectivity index (χ2n) is 6.43. The van der Waals surface area contributed by atoms with Crippen molar-refractivity contribution >= 4 is 0 Å². The normalized spacial score (nSPS) is 24.2. The van der Waals surface area contributed by atoms with Gasteiger partial charge in [-0.1, -0.05) is 32.9 Å². The summed E-state index contributed by atoms with van der Waals surface area (Å²) in [6.07, 6.45) is 5.90. The predicted octanol–water partition coefficient (Wildman–Crippen LogP) is 4.02. The molecule has 0 amide bonds. The molecule has 0 aromatic heterocycles.